The normalized spacial score (nSPS) is 32.2. The zero-order valence-electron chi connectivity index (χ0n) is 32.8. The summed E-state index contributed by atoms with van der Waals surface area (Å²) in [6.07, 6.45) is -18.1. The molecule has 3 aromatic carbocycles. The number of hydrogen-bond acceptors (Lipinski definition) is 22. The van der Waals surface area contributed by atoms with E-state index in [9.17, 15) is 70.9 Å². The molecule has 0 saturated carbocycles. The standard InChI is InChI=1S/C41H44O22/c1-16-28(48)31(51)33(53)38(58-16)56-13-25-29(49)32(52)36(62-26(47)9-3-17-2-8-21(44)22(45)10-17)39(61-25)59-20-11-23(46)27-24(12-20)60-34(18-4-6-19(43)7-5-18)35(30(27)50)63-40-37(54)41(55,14-42)15-57-40/h2-12,16,25,28-29,31-33,36-40,42-46,48-49,51-55H,13-15H2,1H3/b9-3+/t16-,25-,28-,29+,31+,32-,33-,36+,37+,38-,39+,40-,41-/m0/s1. The Morgan fingerprint density at radius 3 is 2.22 bits per heavy atom. The number of esters is 1. The number of phenolic OH excluding ortho intramolecular Hbond substituents is 4. The first-order valence-electron chi connectivity index (χ1n) is 19.2. The zero-order valence-corrected chi connectivity index (χ0v) is 32.8. The molecule has 4 heterocycles. The minimum atomic E-state index is -2.14. The topological polar surface area (TPSA) is 355 Å². The van der Waals surface area contributed by atoms with Crippen molar-refractivity contribution in [2.75, 3.05) is 19.8 Å². The number of fused-ring (bicyclic) bond motifs is 1. The highest BCUT2D eigenvalue weighted by Crippen LogP contribution is 2.39. The third-order valence-corrected chi connectivity index (χ3v) is 10.6. The van der Waals surface area contributed by atoms with Crippen LogP contribution in [0.1, 0.15) is 12.5 Å². The lowest BCUT2D eigenvalue weighted by Crippen LogP contribution is -2.62. The highest BCUT2D eigenvalue weighted by molar-refractivity contribution is 5.89. The minimum Gasteiger partial charge on any atom is -0.508 e. The van der Waals surface area contributed by atoms with Crippen molar-refractivity contribution >= 4 is 23.0 Å². The van der Waals surface area contributed by atoms with E-state index in [4.69, 9.17) is 37.6 Å². The molecule has 0 bridgehead atoms. The molecule has 3 saturated heterocycles. The maximum Gasteiger partial charge on any atom is 0.331 e. The molecule has 3 fully saturated rings. The van der Waals surface area contributed by atoms with Crippen LogP contribution >= 0.6 is 0 Å². The summed E-state index contributed by atoms with van der Waals surface area (Å²) in [6.45, 7) is -0.749. The third-order valence-electron chi connectivity index (χ3n) is 10.6. The van der Waals surface area contributed by atoms with Crippen LogP contribution in [-0.2, 0) is 28.5 Å². The molecule has 22 heteroatoms. The maximum absolute atomic E-state index is 14.1. The van der Waals surface area contributed by atoms with Gasteiger partial charge in [-0.2, -0.15) is 0 Å². The van der Waals surface area contributed by atoms with Crippen molar-refractivity contribution in [3.8, 4) is 45.8 Å². The molecule has 12 N–H and O–H groups in total. The molecule has 0 aliphatic carbocycles. The first-order chi connectivity index (χ1) is 29.9. The predicted molar refractivity (Wildman–Crippen MR) is 208 cm³/mol. The number of carbonyl (C=O) groups excluding carboxylic acids is 1. The molecule has 0 spiro atoms. The van der Waals surface area contributed by atoms with Crippen LogP contribution in [0.4, 0.5) is 0 Å². The van der Waals surface area contributed by atoms with Crippen molar-refractivity contribution in [2.24, 2.45) is 0 Å². The molecule has 340 valence electrons. The van der Waals surface area contributed by atoms with Crippen LogP contribution in [0.3, 0.4) is 0 Å². The van der Waals surface area contributed by atoms with Crippen LogP contribution in [0.25, 0.3) is 28.4 Å². The lowest BCUT2D eigenvalue weighted by Gasteiger charge is -2.43. The van der Waals surface area contributed by atoms with Gasteiger partial charge in [-0.3, -0.25) is 4.79 Å². The number of aromatic hydroxyl groups is 4. The van der Waals surface area contributed by atoms with Crippen LogP contribution in [0, 0.1) is 0 Å². The summed E-state index contributed by atoms with van der Waals surface area (Å²) in [5, 5.41) is 124. The molecule has 3 aliphatic heterocycles. The summed E-state index contributed by atoms with van der Waals surface area (Å²) < 4.78 is 45.5. The number of aliphatic hydroxyl groups excluding tert-OH is 7. The highest BCUT2D eigenvalue weighted by atomic mass is 16.7. The first-order valence-corrected chi connectivity index (χ1v) is 19.2. The molecular formula is C41H44O22. The van der Waals surface area contributed by atoms with Gasteiger partial charge in [0.05, 0.1) is 25.9 Å². The van der Waals surface area contributed by atoms with Crippen molar-refractivity contribution in [1.29, 1.82) is 0 Å². The summed E-state index contributed by atoms with van der Waals surface area (Å²) >= 11 is 0. The van der Waals surface area contributed by atoms with Crippen molar-refractivity contribution in [1.82, 2.24) is 0 Å². The Labute approximate surface area is 354 Å². The Bertz CT molecular complexity index is 2370. The quantitative estimate of drug-likeness (QED) is 0.0433. The van der Waals surface area contributed by atoms with E-state index < -0.39 is 139 Å². The molecule has 22 nitrogen and oxygen atoms in total. The van der Waals surface area contributed by atoms with E-state index in [1.54, 1.807) is 0 Å². The lowest BCUT2D eigenvalue weighted by molar-refractivity contribution is -0.319. The molecule has 3 aliphatic rings. The summed E-state index contributed by atoms with van der Waals surface area (Å²) in [5.74, 6) is -4.28. The van der Waals surface area contributed by atoms with Gasteiger partial charge >= 0.3 is 5.97 Å². The van der Waals surface area contributed by atoms with Gasteiger partial charge in [-0.25, -0.2) is 4.79 Å². The Morgan fingerprint density at radius 1 is 0.810 bits per heavy atom. The molecule has 0 unspecified atom stereocenters. The highest BCUT2D eigenvalue weighted by Gasteiger charge is 2.51. The lowest BCUT2D eigenvalue weighted by atomic mass is 9.98. The molecule has 1 aromatic heterocycles. The fraction of sp³-hybridized carbons (Fsp3) is 0.415. The number of phenols is 4. The Morgan fingerprint density at radius 2 is 1.54 bits per heavy atom. The van der Waals surface area contributed by atoms with Crippen molar-refractivity contribution < 1.29 is 104 Å². The number of hydrogen-bond donors (Lipinski definition) is 12. The molecule has 63 heavy (non-hydrogen) atoms. The van der Waals surface area contributed by atoms with Gasteiger partial charge in [-0.15, -0.1) is 0 Å². The van der Waals surface area contributed by atoms with E-state index in [0.717, 1.165) is 30.3 Å². The van der Waals surface area contributed by atoms with E-state index in [1.165, 1.54) is 43.3 Å². The Hall–Kier alpha value is -5.60. The summed E-state index contributed by atoms with van der Waals surface area (Å²) in [7, 11) is 0. The van der Waals surface area contributed by atoms with Gasteiger partial charge in [0.25, 0.3) is 0 Å². The van der Waals surface area contributed by atoms with Crippen molar-refractivity contribution in [2.45, 2.75) is 86.3 Å². The van der Waals surface area contributed by atoms with Gasteiger partial charge < -0.3 is 98.9 Å². The SMILES string of the molecule is C[C@@H]1O[C@H](OC[C@@H]2O[C@@H](Oc3cc(O)c4c(=O)c(O[C@@H]5OC[C@@](O)(CO)[C@@H]5O)c(-c5ccc(O)cc5)oc4c3)[C@H](OC(=O)/C=C/c3ccc(O)c(O)c3)[C@@H](O)[C@@H]2O)[C@@H](O)[C@H](O)[C@H]1O. The summed E-state index contributed by atoms with van der Waals surface area (Å²) in [4.78, 5) is 27.2. The molecule has 4 aromatic rings. The van der Waals surface area contributed by atoms with Gasteiger partial charge in [0.15, 0.2) is 29.7 Å². The molecule has 0 amide bonds. The molecule has 7 rings (SSSR count). The maximum atomic E-state index is 14.1. The largest absolute Gasteiger partial charge is 0.508 e. The number of benzene rings is 3. The van der Waals surface area contributed by atoms with Gasteiger partial charge in [0.2, 0.25) is 23.8 Å². The molecule has 13 atom stereocenters. The van der Waals surface area contributed by atoms with Crippen LogP contribution in [0.15, 0.2) is 69.9 Å². The van der Waals surface area contributed by atoms with Crippen molar-refractivity contribution in [3.63, 3.8) is 0 Å². The number of rotatable bonds is 12. The molecule has 0 radical (unpaired) electrons. The monoisotopic (exact) mass is 888 g/mol. The van der Waals surface area contributed by atoms with Crippen LogP contribution in [0.2, 0.25) is 0 Å². The number of ether oxygens (including phenoxy) is 7. The fourth-order valence-electron chi connectivity index (χ4n) is 6.97. The van der Waals surface area contributed by atoms with Gasteiger partial charge in [-0.1, -0.05) is 6.07 Å². The van der Waals surface area contributed by atoms with Gasteiger partial charge in [-0.05, 0) is 55.0 Å². The average molecular weight is 889 g/mol. The minimum absolute atomic E-state index is 0.124. The number of carbonyl (C=O) groups is 1. The van der Waals surface area contributed by atoms with E-state index >= 15 is 0 Å². The summed E-state index contributed by atoms with van der Waals surface area (Å²) in [5.41, 5.74) is -3.16. The van der Waals surface area contributed by atoms with Gasteiger partial charge in [0.1, 0.15) is 76.5 Å². The van der Waals surface area contributed by atoms with E-state index in [-0.39, 0.29) is 34.0 Å². The van der Waals surface area contributed by atoms with E-state index in [1.807, 2.05) is 0 Å². The van der Waals surface area contributed by atoms with Crippen LogP contribution in [-0.4, -0.2) is 166 Å². The van der Waals surface area contributed by atoms with Crippen LogP contribution < -0.4 is 14.9 Å². The van der Waals surface area contributed by atoms with E-state index in [0.29, 0.717) is 0 Å². The zero-order chi connectivity index (χ0) is 45.5. The van der Waals surface area contributed by atoms with Gasteiger partial charge in [0, 0.05) is 23.8 Å². The van der Waals surface area contributed by atoms with E-state index in [2.05, 4.69) is 0 Å². The Balaban J connectivity index is 1.22. The second-order valence-electron chi connectivity index (χ2n) is 15.1. The Kier molecular flexibility index (Phi) is 13.2. The first kappa shape index (κ1) is 45.4. The number of aliphatic hydroxyl groups is 8. The predicted octanol–water partition coefficient (Wildman–Crippen LogP) is -1.60. The summed E-state index contributed by atoms with van der Waals surface area (Å²) in [6, 6.07) is 10.9. The van der Waals surface area contributed by atoms with Crippen molar-refractivity contribution in [3.05, 3.63) is 76.5 Å². The fourth-order valence-corrected chi connectivity index (χ4v) is 6.97. The third kappa shape index (κ3) is 9.24. The van der Waals surface area contributed by atoms with Crippen LogP contribution in [0.5, 0.6) is 34.5 Å². The smallest absolute Gasteiger partial charge is 0.331 e. The average Bonchev–Trinajstić information content (AvgIpc) is 3.54. The second kappa shape index (κ2) is 18.2. The second-order valence-corrected chi connectivity index (χ2v) is 15.1. The molecular weight excluding hydrogens is 844 g/mol.